The van der Waals surface area contributed by atoms with Gasteiger partial charge in [0.05, 0.1) is 12.0 Å². The molecule has 0 spiro atoms. The lowest BCUT2D eigenvalue weighted by molar-refractivity contribution is -0.138. The SMILES string of the molecule is Cc1noc(C)c1S(=O)(=O)N1CCCC(C(=O)N2CCN(CC3CCCO3)CC2)C1. The van der Waals surface area contributed by atoms with Gasteiger partial charge < -0.3 is 14.2 Å². The Hall–Kier alpha value is -1.49. The predicted octanol–water partition coefficient (Wildman–Crippen LogP) is 1.02. The third-order valence-corrected chi connectivity index (χ3v) is 8.58. The van der Waals surface area contributed by atoms with Crippen LogP contribution in [0.4, 0.5) is 0 Å². The quantitative estimate of drug-likeness (QED) is 0.674. The third kappa shape index (κ3) is 4.42. The second-order valence-corrected chi connectivity index (χ2v) is 10.5. The Morgan fingerprint density at radius 1 is 1.10 bits per heavy atom. The first-order chi connectivity index (χ1) is 14.4. The molecule has 0 saturated carbocycles. The van der Waals surface area contributed by atoms with Crippen molar-refractivity contribution in [3.8, 4) is 0 Å². The molecular weight excluding hydrogens is 408 g/mol. The second-order valence-electron chi connectivity index (χ2n) is 8.62. The number of piperazine rings is 1. The molecule has 2 atom stereocenters. The van der Waals surface area contributed by atoms with Gasteiger partial charge in [0.15, 0.2) is 5.76 Å². The van der Waals surface area contributed by atoms with Crippen LogP contribution in [0.15, 0.2) is 9.42 Å². The first-order valence-corrected chi connectivity index (χ1v) is 12.4. The van der Waals surface area contributed by atoms with E-state index in [0.717, 1.165) is 45.5 Å². The van der Waals surface area contributed by atoms with Crippen LogP contribution >= 0.6 is 0 Å². The van der Waals surface area contributed by atoms with Gasteiger partial charge in [0.2, 0.25) is 15.9 Å². The summed E-state index contributed by atoms with van der Waals surface area (Å²) in [5.74, 6) is 0.0763. The summed E-state index contributed by atoms with van der Waals surface area (Å²) in [4.78, 5) is 17.5. The normalized spacial score (nSPS) is 26.9. The lowest BCUT2D eigenvalue weighted by Gasteiger charge is -2.39. The van der Waals surface area contributed by atoms with Crippen LogP contribution in [-0.4, -0.2) is 92.1 Å². The van der Waals surface area contributed by atoms with E-state index in [0.29, 0.717) is 43.6 Å². The Morgan fingerprint density at radius 3 is 2.50 bits per heavy atom. The molecule has 9 nitrogen and oxygen atoms in total. The van der Waals surface area contributed by atoms with Crippen molar-refractivity contribution in [2.75, 3.05) is 52.4 Å². The van der Waals surface area contributed by atoms with Crippen LogP contribution in [0.3, 0.4) is 0 Å². The largest absolute Gasteiger partial charge is 0.377 e. The van der Waals surface area contributed by atoms with Crippen molar-refractivity contribution >= 4 is 15.9 Å². The van der Waals surface area contributed by atoms with Crippen LogP contribution < -0.4 is 0 Å². The molecule has 3 saturated heterocycles. The van der Waals surface area contributed by atoms with E-state index in [1.165, 1.54) is 4.31 Å². The third-order valence-electron chi connectivity index (χ3n) is 6.47. The average Bonchev–Trinajstić information content (AvgIpc) is 3.37. The number of aryl methyl sites for hydroxylation is 2. The number of sulfonamides is 1. The van der Waals surface area contributed by atoms with E-state index < -0.39 is 10.0 Å². The fourth-order valence-electron chi connectivity index (χ4n) is 4.82. The van der Waals surface area contributed by atoms with Gasteiger partial charge in [-0.25, -0.2) is 8.42 Å². The summed E-state index contributed by atoms with van der Waals surface area (Å²) >= 11 is 0. The summed E-state index contributed by atoms with van der Waals surface area (Å²) in [5, 5.41) is 3.78. The molecule has 2 unspecified atom stereocenters. The molecule has 4 rings (SSSR count). The molecule has 30 heavy (non-hydrogen) atoms. The van der Waals surface area contributed by atoms with E-state index in [1.54, 1.807) is 13.8 Å². The Morgan fingerprint density at radius 2 is 1.87 bits per heavy atom. The van der Waals surface area contributed by atoms with E-state index in [-0.39, 0.29) is 23.3 Å². The lowest BCUT2D eigenvalue weighted by atomic mass is 9.97. The van der Waals surface area contributed by atoms with E-state index in [4.69, 9.17) is 9.26 Å². The summed E-state index contributed by atoms with van der Waals surface area (Å²) in [6, 6.07) is 0. The first-order valence-electron chi connectivity index (χ1n) is 10.9. The smallest absolute Gasteiger partial charge is 0.248 e. The van der Waals surface area contributed by atoms with Crippen molar-refractivity contribution in [1.29, 1.82) is 0 Å². The topological polar surface area (TPSA) is 96.2 Å². The van der Waals surface area contributed by atoms with E-state index in [2.05, 4.69) is 10.1 Å². The molecule has 10 heteroatoms. The highest BCUT2D eigenvalue weighted by atomic mass is 32.2. The van der Waals surface area contributed by atoms with E-state index in [1.807, 2.05) is 4.90 Å². The maximum Gasteiger partial charge on any atom is 0.248 e. The fourth-order valence-corrected chi connectivity index (χ4v) is 6.63. The molecule has 3 aliphatic heterocycles. The van der Waals surface area contributed by atoms with Gasteiger partial charge in [0, 0.05) is 52.4 Å². The minimum atomic E-state index is -3.72. The zero-order valence-electron chi connectivity index (χ0n) is 17.9. The number of carbonyl (C=O) groups excluding carboxylic acids is 1. The van der Waals surface area contributed by atoms with E-state index in [9.17, 15) is 13.2 Å². The van der Waals surface area contributed by atoms with Gasteiger partial charge in [-0.05, 0) is 39.5 Å². The molecule has 0 N–H and O–H groups in total. The van der Waals surface area contributed by atoms with Crippen LogP contribution in [0.25, 0.3) is 0 Å². The summed E-state index contributed by atoms with van der Waals surface area (Å²) < 4.78 is 38.5. The molecule has 0 aromatic carbocycles. The van der Waals surface area contributed by atoms with E-state index >= 15 is 0 Å². The van der Waals surface area contributed by atoms with Crippen LogP contribution in [0.5, 0.6) is 0 Å². The Labute approximate surface area is 178 Å². The standard InChI is InChI=1S/C20H32N4O5S/c1-15-19(16(2)29-21-15)30(26,27)24-7-3-5-17(13-24)20(25)23-10-8-22(9-11-23)14-18-6-4-12-28-18/h17-18H,3-14H2,1-2H3. The Bertz CT molecular complexity index is 837. The van der Waals surface area contributed by atoms with Crippen molar-refractivity contribution < 1.29 is 22.5 Å². The highest BCUT2D eigenvalue weighted by Gasteiger charge is 2.38. The van der Waals surface area contributed by atoms with Gasteiger partial charge in [-0.2, -0.15) is 4.31 Å². The fraction of sp³-hybridized carbons (Fsp3) is 0.800. The van der Waals surface area contributed by atoms with Gasteiger partial charge in [-0.15, -0.1) is 0 Å². The highest BCUT2D eigenvalue weighted by molar-refractivity contribution is 7.89. The number of hydrogen-bond acceptors (Lipinski definition) is 7. The summed E-state index contributed by atoms with van der Waals surface area (Å²) in [5.41, 5.74) is 0.364. The highest BCUT2D eigenvalue weighted by Crippen LogP contribution is 2.28. The summed E-state index contributed by atoms with van der Waals surface area (Å²) in [6.07, 6.45) is 3.99. The minimum absolute atomic E-state index is 0.0745. The number of ether oxygens (including phenoxy) is 1. The summed E-state index contributed by atoms with van der Waals surface area (Å²) in [6.45, 7) is 8.76. The van der Waals surface area contributed by atoms with Crippen molar-refractivity contribution in [3.05, 3.63) is 11.5 Å². The van der Waals surface area contributed by atoms with Crippen LogP contribution in [0.2, 0.25) is 0 Å². The molecular formula is C20H32N4O5S. The zero-order valence-corrected chi connectivity index (χ0v) is 18.7. The van der Waals surface area contributed by atoms with Gasteiger partial charge in [-0.1, -0.05) is 5.16 Å². The number of nitrogens with zero attached hydrogens (tertiary/aromatic N) is 4. The Balaban J connectivity index is 1.35. The molecule has 0 radical (unpaired) electrons. The summed E-state index contributed by atoms with van der Waals surface area (Å²) in [7, 11) is -3.72. The molecule has 1 amide bonds. The maximum atomic E-state index is 13.1. The number of carbonyl (C=O) groups is 1. The number of hydrogen-bond donors (Lipinski definition) is 0. The molecule has 3 fully saturated rings. The van der Waals surface area contributed by atoms with Gasteiger partial charge >= 0.3 is 0 Å². The lowest BCUT2D eigenvalue weighted by Crippen LogP contribution is -2.53. The van der Waals surface area contributed by atoms with Crippen molar-refractivity contribution in [1.82, 2.24) is 19.3 Å². The second kappa shape index (κ2) is 8.94. The first kappa shape index (κ1) is 21.7. The zero-order chi connectivity index (χ0) is 21.3. The van der Waals surface area contributed by atoms with Crippen LogP contribution in [-0.2, 0) is 19.6 Å². The molecule has 0 aliphatic carbocycles. The van der Waals surface area contributed by atoms with Gasteiger partial charge in [0.1, 0.15) is 10.6 Å². The number of amides is 1. The predicted molar refractivity (Wildman–Crippen MR) is 109 cm³/mol. The Kier molecular flexibility index (Phi) is 6.47. The van der Waals surface area contributed by atoms with Crippen molar-refractivity contribution in [3.63, 3.8) is 0 Å². The molecule has 1 aromatic heterocycles. The van der Waals surface area contributed by atoms with Gasteiger partial charge in [0.25, 0.3) is 0 Å². The van der Waals surface area contributed by atoms with Gasteiger partial charge in [-0.3, -0.25) is 9.69 Å². The van der Waals surface area contributed by atoms with Crippen molar-refractivity contribution in [2.45, 2.75) is 50.5 Å². The number of rotatable bonds is 5. The van der Waals surface area contributed by atoms with Crippen LogP contribution in [0, 0.1) is 19.8 Å². The van der Waals surface area contributed by atoms with Crippen molar-refractivity contribution in [2.24, 2.45) is 5.92 Å². The number of piperidine rings is 1. The maximum absolute atomic E-state index is 13.1. The average molecular weight is 441 g/mol. The molecule has 0 bridgehead atoms. The molecule has 3 aliphatic rings. The van der Waals surface area contributed by atoms with Crippen LogP contribution in [0.1, 0.15) is 37.1 Å². The molecule has 168 valence electrons. The molecule has 1 aromatic rings. The minimum Gasteiger partial charge on any atom is -0.377 e. The number of aromatic nitrogens is 1. The molecule has 4 heterocycles. The monoisotopic (exact) mass is 440 g/mol.